The zero-order valence-electron chi connectivity index (χ0n) is 14.6. The predicted octanol–water partition coefficient (Wildman–Crippen LogP) is 3.63. The first-order valence-corrected chi connectivity index (χ1v) is 9.05. The van der Waals surface area contributed by atoms with Crippen LogP contribution in [0.3, 0.4) is 0 Å². The Morgan fingerprint density at radius 1 is 1.19 bits per heavy atom. The molecule has 1 amide bonds. The average molecular weight is 385 g/mol. The highest BCUT2D eigenvalue weighted by molar-refractivity contribution is 6.34. The number of aromatic nitrogens is 2. The third-order valence-corrected chi connectivity index (χ3v) is 5.13. The minimum Gasteiger partial charge on any atom is -0.366 e. The van der Waals surface area contributed by atoms with Crippen LogP contribution in [0.15, 0.2) is 55.3 Å². The number of carbonyl (C=O) groups excluding carboxylic acids is 1. The Labute approximate surface area is 161 Å². The van der Waals surface area contributed by atoms with Gasteiger partial charge in [-0.3, -0.25) is 4.79 Å². The van der Waals surface area contributed by atoms with Crippen molar-refractivity contribution in [3.63, 3.8) is 0 Å². The van der Waals surface area contributed by atoms with Gasteiger partial charge in [0.2, 0.25) is 5.91 Å². The zero-order chi connectivity index (χ0) is 19.0. The number of amides is 1. The molecule has 7 heteroatoms. The van der Waals surface area contributed by atoms with E-state index in [0.717, 1.165) is 11.2 Å². The molecule has 0 unspecified atom stereocenters. The Morgan fingerprint density at radius 3 is 2.63 bits per heavy atom. The number of benzene rings is 1. The number of nitrogens with zero attached hydrogens (tertiary/aromatic N) is 4. The lowest BCUT2D eigenvalue weighted by Crippen LogP contribution is -2.48. The fraction of sp³-hybridized carbons (Fsp3) is 0.200. The molecule has 1 aromatic carbocycles. The van der Waals surface area contributed by atoms with Gasteiger partial charge < -0.3 is 9.80 Å². The highest BCUT2D eigenvalue weighted by Crippen LogP contribution is 2.35. The highest BCUT2D eigenvalue weighted by Gasteiger charge is 2.23. The number of halogens is 2. The topological polar surface area (TPSA) is 40.9 Å². The van der Waals surface area contributed by atoms with Gasteiger partial charge in [0.1, 0.15) is 5.82 Å². The summed E-state index contributed by atoms with van der Waals surface area (Å²) in [6.45, 7) is 6.16. The lowest BCUT2D eigenvalue weighted by Gasteiger charge is -2.35. The van der Waals surface area contributed by atoms with Gasteiger partial charge in [-0.2, -0.15) is 5.10 Å². The monoisotopic (exact) mass is 384 g/mol. The molecule has 0 radical (unpaired) electrons. The van der Waals surface area contributed by atoms with Crippen molar-refractivity contribution >= 4 is 28.7 Å². The summed E-state index contributed by atoms with van der Waals surface area (Å²) < 4.78 is 16.0. The van der Waals surface area contributed by atoms with Crippen molar-refractivity contribution in [3.05, 3.63) is 66.1 Å². The quantitative estimate of drug-likeness (QED) is 0.647. The summed E-state index contributed by atoms with van der Waals surface area (Å²) in [5.41, 5.74) is 2.71. The summed E-state index contributed by atoms with van der Waals surface area (Å²) in [5.74, 6) is -0.398. The summed E-state index contributed by atoms with van der Waals surface area (Å²) in [4.78, 5) is 15.7. The van der Waals surface area contributed by atoms with Gasteiger partial charge in [0.15, 0.2) is 0 Å². The Bertz CT molecular complexity index is 1020. The third-order valence-electron chi connectivity index (χ3n) is 4.84. The summed E-state index contributed by atoms with van der Waals surface area (Å²) in [6, 6.07) is 10.2. The second-order valence-corrected chi connectivity index (χ2v) is 6.76. The molecule has 0 spiro atoms. The van der Waals surface area contributed by atoms with E-state index in [1.165, 1.54) is 12.1 Å². The Kier molecular flexibility index (Phi) is 4.58. The van der Waals surface area contributed by atoms with Crippen LogP contribution in [-0.2, 0) is 4.79 Å². The lowest BCUT2D eigenvalue weighted by atomic mass is 10.1. The molecule has 0 saturated carbocycles. The maximum atomic E-state index is 14.3. The number of carbonyl (C=O) groups is 1. The van der Waals surface area contributed by atoms with Gasteiger partial charge in [-0.05, 0) is 30.3 Å². The van der Waals surface area contributed by atoms with Gasteiger partial charge in [-0.1, -0.05) is 30.3 Å². The number of hydrogen-bond acceptors (Lipinski definition) is 3. The molecule has 3 aromatic rings. The predicted molar refractivity (Wildman–Crippen MR) is 105 cm³/mol. The molecule has 2 aromatic heterocycles. The molecule has 0 atom stereocenters. The van der Waals surface area contributed by atoms with Crippen LogP contribution < -0.4 is 4.90 Å². The highest BCUT2D eigenvalue weighted by atomic mass is 35.5. The average Bonchev–Trinajstić information content (AvgIpc) is 3.03. The molecule has 5 nitrogen and oxygen atoms in total. The van der Waals surface area contributed by atoms with Crippen LogP contribution in [-0.4, -0.2) is 46.6 Å². The Balaban J connectivity index is 1.73. The van der Waals surface area contributed by atoms with Crippen molar-refractivity contribution in [3.8, 4) is 11.3 Å². The van der Waals surface area contributed by atoms with Crippen LogP contribution in [0.5, 0.6) is 0 Å². The van der Waals surface area contributed by atoms with Gasteiger partial charge in [-0.15, -0.1) is 0 Å². The SMILES string of the molecule is C=CC(=O)N1CCN(c2ccnn3c(-c4ccccc4F)c(Cl)cc23)CC1. The van der Waals surface area contributed by atoms with Crippen molar-refractivity contribution in [2.45, 2.75) is 0 Å². The molecular weight excluding hydrogens is 367 g/mol. The molecule has 0 aliphatic carbocycles. The van der Waals surface area contributed by atoms with E-state index in [1.807, 2.05) is 12.1 Å². The van der Waals surface area contributed by atoms with Crippen LogP contribution in [0.4, 0.5) is 10.1 Å². The van der Waals surface area contributed by atoms with Crippen molar-refractivity contribution in [2.24, 2.45) is 0 Å². The lowest BCUT2D eigenvalue weighted by molar-refractivity contribution is -0.126. The number of piperazine rings is 1. The second kappa shape index (κ2) is 7.04. The van der Waals surface area contributed by atoms with Crippen molar-refractivity contribution < 1.29 is 9.18 Å². The minimum atomic E-state index is -0.344. The van der Waals surface area contributed by atoms with E-state index in [-0.39, 0.29) is 11.7 Å². The number of rotatable bonds is 3. The number of hydrogen-bond donors (Lipinski definition) is 0. The first-order valence-electron chi connectivity index (χ1n) is 8.67. The van der Waals surface area contributed by atoms with Crippen molar-refractivity contribution in [1.82, 2.24) is 14.5 Å². The molecule has 4 rings (SSSR count). The van der Waals surface area contributed by atoms with Crippen LogP contribution in [0.1, 0.15) is 0 Å². The van der Waals surface area contributed by atoms with E-state index in [4.69, 9.17) is 11.6 Å². The van der Waals surface area contributed by atoms with E-state index < -0.39 is 0 Å². The standard InChI is InChI=1S/C20H18ClFN4O/c1-2-19(27)25-11-9-24(10-12-25)17-7-8-23-26-18(17)13-15(21)20(26)14-5-3-4-6-16(14)22/h2-8,13H,1,9-12H2. The smallest absolute Gasteiger partial charge is 0.246 e. The van der Waals surface area contributed by atoms with Crippen molar-refractivity contribution in [1.29, 1.82) is 0 Å². The summed E-state index contributed by atoms with van der Waals surface area (Å²) >= 11 is 6.46. The van der Waals surface area contributed by atoms with Crippen LogP contribution >= 0.6 is 11.6 Å². The summed E-state index contributed by atoms with van der Waals surface area (Å²) in [6.07, 6.45) is 3.03. The maximum absolute atomic E-state index is 14.3. The van der Waals surface area contributed by atoms with Gasteiger partial charge in [0.05, 0.1) is 21.9 Å². The molecule has 1 aliphatic rings. The zero-order valence-corrected chi connectivity index (χ0v) is 15.4. The fourth-order valence-electron chi connectivity index (χ4n) is 3.49. The van der Waals surface area contributed by atoms with E-state index in [9.17, 15) is 9.18 Å². The molecule has 138 valence electrons. The van der Waals surface area contributed by atoms with Crippen LogP contribution in [0.25, 0.3) is 16.8 Å². The van der Waals surface area contributed by atoms with Crippen molar-refractivity contribution in [2.75, 3.05) is 31.1 Å². The Hall–Kier alpha value is -2.86. The van der Waals surface area contributed by atoms with Crippen LogP contribution in [0, 0.1) is 5.82 Å². The van der Waals surface area contributed by atoms with Gasteiger partial charge >= 0.3 is 0 Å². The number of anilines is 1. The van der Waals surface area contributed by atoms with Gasteiger partial charge in [0, 0.05) is 37.9 Å². The Morgan fingerprint density at radius 2 is 1.93 bits per heavy atom. The molecule has 0 N–H and O–H groups in total. The third kappa shape index (κ3) is 3.06. The molecule has 3 heterocycles. The first-order chi connectivity index (χ1) is 13.1. The van der Waals surface area contributed by atoms with E-state index in [0.29, 0.717) is 42.5 Å². The van der Waals surface area contributed by atoms with E-state index in [1.54, 1.807) is 33.8 Å². The number of fused-ring (bicyclic) bond motifs is 1. The largest absolute Gasteiger partial charge is 0.366 e. The van der Waals surface area contributed by atoms with Crippen LogP contribution in [0.2, 0.25) is 5.02 Å². The minimum absolute atomic E-state index is 0.0536. The first kappa shape index (κ1) is 17.5. The molecular formula is C20H18ClFN4O. The summed E-state index contributed by atoms with van der Waals surface area (Å²) in [5, 5.41) is 4.84. The van der Waals surface area contributed by atoms with E-state index >= 15 is 0 Å². The summed E-state index contributed by atoms with van der Waals surface area (Å²) in [7, 11) is 0. The van der Waals surface area contributed by atoms with Gasteiger partial charge in [0.25, 0.3) is 0 Å². The molecule has 1 saturated heterocycles. The second-order valence-electron chi connectivity index (χ2n) is 6.35. The van der Waals surface area contributed by atoms with Gasteiger partial charge in [-0.25, -0.2) is 8.91 Å². The molecule has 0 bridgehead atoms. The normalized spacial score (nSPS) is 14.6. The molecule has 27 heavy (non-hydrogen) atoms. The fourth-order valence-corrected chi connectivity index (χ4v) is 3.77. The van der Waals surface area contributed by atoms with E-state index in [2.05, 4.69) is 16.6 Å². The maximum Gasteiger partial charge on any atom is 0.246 e. The molecule has 1 aliphatic heterocycles. The molecule has 1 fully saturated rings.